The van der Waals surface area contributed by atoms with Crippen molar-refractivity contribution in [1.82, 2.24) is 10.2 Å². The molecule has 0 bridgehead atoms. The Balaban J connectivity index is 1.90. The Morgan fingerprint density at radius 3 is 2.52 bits per heavy atom. The lowest BCUT2D eigenvalue weighted by molar-refractivity contribution is 0.102. The van der Waals surface area contributed by atoms with Gasteiger partial charge in [0.05, 0.1) is 25.9 Å². The number of hydrogen-bond acceptors (Lipinski definition) is 4. The first-order valence-corrected chi connectivity index (χ1v) is 7.57. The molecule has 7 heteroatoms. The van der Waals surface area contributed by atoms with E-state index in [0.29, 0.717) is 27.2 Å². The van der Waals surface area contributed by atoms with Gasteiger partial charge in [0.25, 0.3) is 5.91 Å². The normalized spacial score (nSPS) is 10.6. The zero-order valence-electron chi connectivity index (χ0n) is 12.5. The number of H-pyrrole nitrogens is 1. The van der Waals surface area contributed by atoms with Crippen LogP contribution in [0.1, 0.15) is 10.4 Å². The summed E-state index contributed by atoms with van der Waals surface area (Å²) in [6.45, 7) is 0. The Bertz CT molecular complexity index is 851. The number of aromatic nitrogens is 2. The van der Waals surface area contributed by atoms with Gasteiger partial charge in [0.1, 0.15) is 16.0 Å². The smallest absolute Gasteiger partial charge is 0.255 e. The Hall–Kier alpha value is -2.54. The molecule has 0 atom stereocenters. The second-order valence-corrected chi connectivity index (χ2v) is 5.61. The van der Waals surface area contributed by atoms with Crippen molar-refractivity contribution in [2.24, 2.45) is 0 Å². The molecular weight excluding hydrogens is 362 g/mol. The molecule has 0 saturated heterocycles. The van der Waals surface area contributed by atoms with Gasteiger partial charge in [0, 0.05) is 16.6 Å². The summed E-state index contributed by atoms with van der Waals surface area (Å²) < 4.78 is 11.2. The SMILES string of the molecule is COc1cc(C(=O)Nc2ccc3[nH]ncc3c2)cc(OC)c1Br. The van der Waals surface area contributed by atoms with Crippen molar-refractivity contribution in [3.8, 4) is 11.5 Å². The number of carbonyl (C=O) groups excluding carboxylic acids is 1. The summed E-state index contributed by atoms with van der Waals surface area (Å²) in [6, 6.07) is 8.83. The molecule has 2 aromatic carbocycles. The van der Waals surface area contributed by atoms with E-state index in [1.165, 1.54) is 14.2 Å². The second kappa shape index (κ2) is 6.29. The molecule has 118 valence electrons. The lowest BCUT2D eigenvalue weighted by Crippen LogP contribution is -2.12. The number of methoxy groups -OCH3 is 2. The van der Waals surface area contributed by atoms with Crippen LogP contribution in [0, 0.1) is 0 Å². The van der Waals surface area contributed by atoms with Gasteiger partial charge in [-0.3, -0.25) is 9.89 Å². The van der Waals surface area contributed by atoms with Gasteiger partial charge in [0.2, 0.25) is 0 Å². The van der Waals surface area contributed by atoms with Crippen molar-refractivity contribution in [2.75, 3.05) is 19.5 Å². The first-order valence-electron chi connectivity index (χ1n) is 6.78. The fourth-order valence-electron chi connectivity index (χ4n) is 2.22. The largest absolute Gasteiger partial charge is 0.495 e. The third kappa shape index (κ3) is 3.00. The molecule has 0 aliphatic rings. The molecule has 0 aliphatic heterocycles. The van der Waals surface area contributed by atoms with E-state index in [-0.39, 0.29) is 5.91 Å². The summed E-state index contributed by atoms with van der Waals surface area (Å²) in [7, 11) is 3.07. The highest BCUT2D eigenvalue weighted by Gasteiger charge is 2.15. The summed E-state index contributed by atoms with van der Waals surface area (Å²) in [6.07, 6.45) is 1.71. The van der Waals surface area contributed by atoms with Gasteiger partial charge in [-0.05, 0) is 46.3 Å². The quantitative estimate of drug-likeness (QED) is 0.730. The monoisotopic (exact) mass is 375 g/mol. The Morgan fingerprint density at radius 2 is 1.87 bits per heavy atom. The number of amides is 1. The van der Waals surface area contributed by atoms with Gasteiger partial charge < -0.3 is 14.8 Å². The molecule has 1 heterocycles. The highest BCUT2D eigenvalue weighted by Crippen LogP contribution is 2.35. The number of carbonyl (C=O) groups is 1. The lowest BCUT2D eigenvalue weighted by atomic mass is 10.1. The van der Waals surface area contributed by atoms with Crippen LogP contribution in [0.5, 0.6) is 11.5 Å². The third-order valence-corrected chi connectivity index (χ3v) is 4.19. The number of aromatic amines is 1. The number of ether oxygens (including phenoxy) is 2. The number of rotatable bonds is 4. The highest BCUT2D eigenvalue weighted by molar-refractivity contribution is 9.10. The van der Waals surface area contributed by atoms with Gasteiger partial charge in [-0.25, -0.2) is 0 Å². The molecule has 23 heavy (non-hydrogen) atoms. The second-order valence-electron chi connectivity index (χ2n) is 4.82. The van der Waals surface area contributed by atoms with Gasteiger partial charge in [-0.15, -0.1) is 0 Å². The summed E-state index contributed by atoms with van der Waals surface area (Å²) >= 11 is 3.38. The van der Waals surface area contributed by atoms with Gasteiger partial charge in [-0.1, -0.05) is 0 Å². The van der Waals surface area contributed by atoms with Gasteiger partial charge in [-0.2, -0.15) is 5.10 Å². The molecule has 0 spiro atoms. The molecule has 0 aliphatic carbocycles. The number of hydrogen-bond donors (Lipinski definition) is 2. The topological polar surface area (TPSA) is 76.2 Å². The maximum absolute atomic E-state index is 12.5. The van der Waals surface area contributed by atoms with Crippen LogP contribution in [0.25, 0.3) is 10.9 Å². The summed E-state index contributed by atoms with van der Waals surface area (Å²) in [4.78, 5) is 12.5. The number of nitrogens with zero attached hydrogens (tertiary/aromatic N) is 1. The van der Waals surface area contributed by atoms with Crippen molar-refractivity contribution in [3.63, 3.8) is 0 Å². The van der Waals surface area contributed by atoms with Crippen LogP contribution in [-0.4, -0.2) is 30.3 Å². The zero-order chi connectivity index (χ0) is 16.4. The van der Waals surface area contributed by atoms with Crippen LogP contribution >= 0.6 is 15.9 Å². The van der Waals surface area contributed by atoms with Gasteiger partial charge in [0.15, 0.2) is 0 Å². The molecule has 0 fully saturated rings. The van der Waals surface area contributed by atoms with Crippen molar-refractivity contribution in [1.29, 1.82) is 0 Å². The highest BCUT2D eigenvalue weighted by atomic mass is 79.9. The van der Waals surface area contributed by atoms with E-state index in [1.807, 2.05) is 18.2 Å². The molecule has 3 rings (SSSR count). The van der Waals surface area contributed by atoms with Gasteiger partial charge >= 0.3 is 0 Å². The molecule has 0 saturated carbocycles. The molecule has 0 radical (unpaired) electrons. The van der Waals surface area contributed by atoms with Crippen molar-refractivity contribution < 1.29 is 14.3 Å². The number of nitrogens with one attached hydrogen (secondary N) is 2. The number of anilines is 1. The van der Waals surface area contributed by atoms with E-state index in [4.69, 9.17) is 9.47 Å². The molecule has 1 amide bonds. The van der Waals surface area contributed by atoms with Crippen LogP contribution in [-0.2, 0) is 0 Å². The molecular formula is C16H14BrN3O3. The Morgan fingerprint density at radius 1 is 1.17 bits per heavy atom. The van der Waals surface area contributed by atoms with Crippen LogP contribution in [0.3, 0.4) is 0 Å². The fraction of sp³-hybridized carbons (Fsp3) is 0.125. The van der Waals surface area contributed by atoms with E-state index in [2.05, 4.69) is 31.4 Å². The summed E-state index contributed by atoms with van der Waals surface area (Å²) in [5, 5.41) is 10.6. The number of halogens is 1. The Labute approximate surface area is 140 Å². The van der Waals surface area contributed by atoms with E-state index in [9.17, 15) is 4.79 Å². The van der Waals surface area contributed by atoms with Crippen LogP contribution in [0.2, 0.25) is 0 Å². The zero-order valence-corrected chi connectivity index (χ0v) is 14.1. The Kier molecular flexibility index (Phi) is 4.20. The summed E-state index contributed by atoms with van der Waals surface area (Å²) in [5.74, 6) is 0.802. The maximum atomic E-state index is 12.5. The van der Waals surface area contributed by atoms with E-state index in [0.717, 1.165) is 10.9 Å². The molecule has 0 unspecified atom stereocenters. The average Bonchev–Trinajstić information content (AvgIpc) is 3.02. The first-order chi connectivity index (χ1) is 11.1. The van der Waals surface area contributed by atoms with Crippen LogP contribution in [0.4, 0.5) is 5.69 Å². The standard InChI is InChI=1S/C16H14BrN3O3/c1-22-13-6-9(7-14(23-2)15(13)17)16(21)19-11-3-4-12-10(5-11)8-18-20-12/h3-8H,1-2H3,(H,18,20)(H,19,21). The van der Waals surface area contributed by atoms with E-state index >= 15 is 0 Å². The molecule has 2 N–H and O–H groups in total. The minimum atomic E-state index is -0.253. The molecule has 3 aromatic rings. The minimum Gasteiger partial charge on any atom is -0.495 e. The predicted molar refractivity (Wildman–Crippen MR) is 91.3 cm³/mol. The predicted octanol–water partition coefficient (Wildman–Crippen LogP) is 3.59. The van der Waals surface area contributed by atoms with Crippen molar-refractivity contribution in [3.05, 3.63) is 46.6 Å². The van der Waals surface area contributed by atoms with E-state index < -0.39 is 0 Å². The lowest BCUT2D eigenvalue weighted by Gasteiger charge is -2.12. The van der Waals surface area contributed by atoms with Crippen molar-refractivity contribution >= 4 is 38.4 Å². The fourth-order valence-corrected chi connectivity index (χ4v) is 2.78. The van der Waals surface area contributed by atoms with Crippen LogP contribution in [0.15, 0.2) is 41.0 Å². The molecule has 6 nitrogen and oxygen atoms in total. The number of fused-ring (bicyclic) bond motifs is 1. The molecule has 1 aromatic heterocycles. The third-order valence-electron chi connectivity index (χ3n) is 3.41. The number of benzene rings is 2. The maximum Gasteiger partial charge on any atom is 0.255 e. The minimum absolute atomic E-state index is 0.253. The van der Waals surface area contributed by atoms with Crippen LogP contribution < -0.4 is 14.8 Å². The van der Waals surface area contributed by atoms with E-state index in [1.54, 1.807) is 18.3 Å². The first kappa shape index (κ1) is 15.4. The van der Waals surface area contributed by atoms with Crippen molar-refractivity contribution in [2.45, 2.75) is 0 Å². The average molecular weight is 376 g/mol. The summed E-state index contributed by atoms with van der Waals surface area (Å²) in [5.41, 5.74) is 2.04.